The van der Waals surface area contributed by atoms with E-state index < -0.39 is 24.1 Å². The minimum Gasteiger partial charge on any atom is -0.398 e. The molecule has 2 aromatic rings. The third-order valence-electron chi connectivity index (χ3n) is 4.30. The molecule has 0 radical (unpaired) electrons. The van der Waals surface area contributed by atoms with E-state index in [4.69, 9.17) is 20.9 Å². The normalized spacial score (nSPS) is 19.6. The molecule has 0 spiro atoms. The maximum absolute atomic E-state index is 14.2. The molecule has 4 nitrogen and oxygen atoms in total. The highest BCUT2D eigenvalue weighted by Gasteiger charge is 2.52. The molecule has 1 fully saturated rings. The van der Waals surface area contributed by atoms with E-state index in [1.807, 2.05) is 27.7 Å². The van der Waals surface area contributed by atoms with Gasteiger partial charge in [0.1, 0.15) is 5.82 Å². The number of benzene rings is 1. The van der Waals surface area contributed by atoms with Crippen molar-refractivity contribution in [3.05, 3.63) is 41.3 Å². The lowest BCUT2D eigenvalue weighted by atomic mass is 9.84. The Hall–Kier alpha value is -1.37. The van der Waals surface area contributed by atoms with E-state index in [0.717, 1.165) is 0 Å². The molecule has 1 saturated heterocycles. The van der Waals surface area contributed by atoms with Crippen LogP contribution in [0.5, 0.6) is 0 Å². The van der Waals surface area contributed by atoms with Gasteiger partial charge in [0.15, 0.2) is 0 Å². The van der Waals surface area contributed by atoms with Crippen LogP contribution in [0.15, 0.2) is 30.5 Å². The van der Waals surface area contributed by atoms with Crippen LogP contribution in [0, 0.1) is 5.82 Å². The van der Waals surface area contributed by atoms with Gasteiger partial charge in [-0.1, -0.05) is 11.6 Å². The first-order chi connectivity index (χ1) is 10.2. The molecule has 22 heavy (non-hydrogen) atoms. The summed E-state index contributed by atoms with van der Waals surface area (Å²) in [4.78, 5) is 0. The van der Waals surface area contributed by atoms with Crippen LogP contribution in [0.1, 0.15) is 27.7 Å². The third-order valence-corrected chi connectivity index (χ3v) is 4.54. The highest BCUT2D eigenvalue weighted by molar-refractivity contribution is 6.61. The maximum atomic E-state index is 14.2. The molecule has 0 N–H and O–H groups in total. The zero-order valence-electron chi connectivity index (χ0n) is 12.9. The Kier molecular flexibility index (Phi) is 3.59. The number of rotatable bonds is 2. The molecular formula is C15H17BClFN2O2. The predicted molar refractivity (Wildman–Crippen MR) is 84.2 cm³/mol. The molecule has 1 aliphatic heterocycles. The number of nitrogens with zero attached hydrogens (tertiary/aromatic N) is 2. The van der Waals surface area contributed by atoms with Crippen molar-refractivity contribution >= 4 is 24.3 Å². The third kappa shape index (κ3) is 2.45. The largest absolute Gasteiger partial charge is 0.514 e. The lowest BCUT2D eigenvalue weighted by Crippen LogP contribution is -2.41. The van der Waals surface area contributed by atoms with Crippen molar-refractivity contribution in [1.82, 2.24) is 9.78 Å². The van der Waals surface area contributed by atoms with Crippen molar-refractivity contribution in [2.45, 2.75) is 38.9 Å². The van der Waals surface area contributed by atoms with Crippen molar-refractivity contribution in [2.24, 2.45) is 0 Å². The van der Waals surface area contributed by atoms with Crippen molar-refractivity contribution < 1.29 is 13.7 Å². The zero-order chi connectivity index (χ0) is 16.1. The van der Waals surface area contributed by atoms with E-state index in [1.54, 1.807) is 24.4 Å². The van der Waals surface area contributed by atoms with Gasteiger partial charge in [-0.25, -0.2) is 9.07 Å². The Balaban J connectivity index is 2.00. The molecule has 0 unspecified atom stereocenters. The van der Waals surface area contributed by atoms with Crippen LogP contribution in [-0.2, 0) is 9.31 Å². The molecule has 1 aliphatic rings. The van der Waals surface area contributed by atoms with E-state index >= 15 is 0 Å². The molecule has 1 aromatic carbocycles. The molecule has 2 heterocycles. The molecule has 0 aliphatic carbocycles. The van der Waals surface area contributed by atoms with E-state index in [1.165, 1.54) is 10.7 Å². The standard InChI is InChI=1S/C15H17BClFN2O2/c1-14(2)15(3,4)22-16(21-14)13-7-8-19-20(13)12-6-5-10(17)9-11(12)18/h5-9H,1-4H3. The predicted octanol–water partition coefficient (Wildman–Crippen LogP) is 2.96. The Morgan fingerprint density at radius 1 is 1.14 bits per heavy atom. The van der Waals surface area contributed by atoms with Crippen LogP contribution >= 0.6 is 11.6 Å². The van der Waals surface area contributed by atoms with Crippen LogP contribution in [0.3, 0.4) is 0 Å². The van der Waals surface area contributed by atoms with Gasteiger partial charge in [0.05, 0.1) is 22.5 Å². The molecule has 0 bridgehead atoms. The Bertz CT molecular complexity index is 701. The van der Waals surface area contributed by atoms with Gasteiger partial charge in [0.2, 0.25) is 0 Å². The number of halogens is 2. The topological polar surface area (TPSA) is 36.3 Å². The fraction of sp³-hybridized carbons (Fsp3) is 0.400. The van der Waals surface area contributed by atoms with E-state index in [9.17, 15) is 4.39 Å². The Labute approximate surface area is 134 Å². The average molecular weight is 323 g/mol. The summed E-state index contributed by atoms with van der Waals surface area (Å²) in [5.41, 5.74) is 0.00959. The van der Waals surface area contributed by atoms with E-state index in [0.29, 0.717) is 16.3 Å². The van der Waals surface area contributed by atoms with Gasteiger partial charge in [0, 0.05) is 11.2 Å². The van der Waals surface area contributed by atoms with Gasteiger partial charge >= 0.3 is 7.12 Å². The van der Waals surface area contributed by atoms with Gasteiger partial charge in [-0.2, -0.15) is 5.10 Å². The summed E-state index contributed by atoms with van der Waals surface area (Å²) in [5.74, 6) is -0.450. The van der Waals surface area contributed by atoms with Gasteiger partial charge in [-0.05, 0) is 52.0 Å². The SMILES string of the molecule is CC1(C)OB(c2ccnn2-c2ccc(Cl)cc2F)OC1(C)C. The average Bonchev–Trinajstić information content (AvgIpc) is 2.93. The second-order valence-corrected chi connectivity index (χ2v) is 6.79. The maximum Gasteiger partial charge on any atom is 0.514 e. The summed E-state index contributed by atoms with van der Waals surface area (Å²) < 4.78 is 27.6. The first kappa shape index (κ1) is 15.5. The highest BCUT2D eigenvalue weighted by Crippen LogP contribution is 2.36. The van der Waals surface area contributed by atoms with Crippen molar-refractivity contribution in [3.8, 4) is 5.69 Å². The van der Waals surface area contributed by atoms with Crippen molar-refractivity contribution in [1.29, 1.82) is 0 Å². The minimum absolute atomic E-state index is 0.305. The lowest BCUT2D eigenvalue weighted by Gasteiger charge is -2.32. The summed E-state index contributed by atoms with van der Waals surface area (Å²) in [5, 5.41) is 4.53. The van der Waals surface area contributed by atoms with Crippen LogP contribution in [0.2, 0.25) is 5.02 Å². The molecule has 3 rings (SSSR count). The first-order valence-electron chi connectivity index (χ1n) is 7.06. The fourth-order valence-corrected chi connectivity index (χ4v) is 2.47. The number of hydrogen-bond acceptors (Lipinski definition) is 3. The monoisotopic (exact) mass is 322 g/mol. The quantitative estimate of drug-likeness (QED) is 0.798. The van der Waals surface area contributed by atoms with Crippen LogP contribution in [0.4, 0.5) is 4.39 Å². The lowest BCUT2D eigenvalue weighted by molar-refractivity contribution is 0.00578. The summed E-state index contributed by atoms with van der Waals surface area (Å²) in [6.45, 7) is 7.88. The fourth-order valence-electron chi connectivity index (χ4n) is 2.31. The molecule has 116 valence electrons. The van der Waals surface area contributed by atoms with Gasteiger partial charge < -0.3 is 9.31 Å². The summed E-state index contributed by atoms with van der Waals surface area (Å²) in [7, 11) is -0.609. The number of hydrogen-bond donors (Lipinski definition) is 0. The van der Waals surface area contributed by atoms with E-state index in [2.05, 4.69) is 5.10 Å². The minimum atomic E-state index is -0.609. The van der Waals surface area contributed by atoms with Gasteiger partial charge in [0.25, 0.3) is 0 Å². The number of aromatic nitrogens is 2. The molecule has 0 amide bonds. The summed E-state index contributed by atoms with van der Waals surface area (Å²) in [6, 6.07) is 6.22. The van der Waals surface area contributed by atoms with Gasteiger partial charge in [-0.15, -0.1) is 0 Å². The second kappa shape index (κ2) is 5.08. The Morgan fingerprint density at radius 3 is 2.36 bits per heavy atom. The highest BCUT2D eigenvalue weighted by atomic mass is 35.5. The van der Waals surface area contributed by atoms with E-state index in [-0.39, 0.29) is 0 Å². The van der Waals surface area contributed by atoms with Crippen molar-refractivity contribution in [2.75, 3.05) is 0 Å². The van der Waals surface area contributed by atoms with Crippen LogP contribution in [0.25, 0.3) is 5.69 Å². The smallest absolute Gasteiger partial charge is 0.398 e. The molecular weight excluding hydrogens is 305 g/mol. The molecule has 1 aromatic heterocycles. The molecule has 0 atom stereocenters. The van der Waals surface area contributed by atoms with Crippen LogP contribution < -0.4 is 5.59 Å². The molecule has 0 saturated carbocycles. The molecule has 7 heteroatoms. The van der Waals surface area contributed by atoms with Crippen LogP contribution in [-0.4, -0.2) is 28.1 Å². The summed E-state index contributed by atoms with van der Waals surface area (Å²) >= 11 is 5.80. The zero-order valence-corrected chi connectivity index (χ0v) is 13.7. The van der Waals surface area contributed by atoms with Crippen molar-refractivity contribution in [3.63, 3.8) is 0 Å². The summed E-state index contributed by atoms with van der Waals surface area (Å²) in [6.07, 6.45) is 1.59. The first-order valence-corrected chi connectivity index (χ1v) is 7.44. The second-order valence-electron chi connectivity index (χ2n) is 6.35. The van der Waals surface area contributed by atoms with Gasteiger partial charge in [-0.3, -0.25) is 0 Å². The Morgan fingerprint density at radius 2 is 1.77 bits per heavy atom.